The van der Waals surface area contributed by atoms with Gasteiger partial charge in [-0.1, -0.05) is 0 Å². The van der Waals surface area contributed by atoms with E-state index in [1.807, 2.05) is 0 Å². The molecule has 0 saturated carbocycles. The second-order valence-electron chi connectivity index (χ2n) is 6.77. The highest BCUT2D eigenvalue weighted by Gasteiger charge is 2.48. The van der Waals surface area contributed by atoms with Gasteiger partial charge in [-0.3, -0.25) is 9.59 Å². The zero-order chi connectivity index (χ0) is 21.9. The molecule has 168 valence electrons. The average Bonchev–Trinajstić information content (AvgIpc) is 2.65. The van der Waals surface area contributed by atoms with E-state index in [4.69, 9.17) is 23.7 Å². The number of ether oxygens (including phenoxy) is 5. The Bertz CT molecular complexity index is 571. The van der Waals surface area contributed by atoms with Gasteiger partial charge in [-0.2, -0.15) is 0 Å². The van der Waals surface area contributed by atoms with Crippen LogP contribution in [-0.4, -0.2) is 117 Å². The van der Waals surface area contributed by atoms with Crippen molar-refractivity contribution in [2.24, 2.45) is 0 Å². The lowest BCUT2D eigenvalue weighted by Crippen LogP contribution is -2.62. The fourth-order valence-corrected chi connectivity index (χ4v) is 2.96. The van der Waals surface area contributed by atoms with Crippen molar-refractivity contribution in [1.82, 2.24) is 0 Å². The Morgan fingerprint density at radius 3 is 1.93 bits per heavy atom. The molecule has 5 unspecified atom stereocenters. The molecular formula is C16H26O13. The second-order valence-corrected chi connectivity index (χ2v) is 6.77. The highest BCUT2D eigenvalue weighted by molar-refractivity contribution is 5.66. The van der Waals surface area contributed by atoms with Crippen molar-refractivity contribution >= 4 is 11.9 Å². The van der Waals surface area contributed by atoms with E-state index in [0.29, 0.717) is 0 Å². The van der Waals surface area contributed by atoms with Crippen molar-refractivity contribution in [2.75, 3.05) is 13.2 Å². The van der Waals surface area contributed by atoms with Crippen LogP contribution in [0.25, 0.3) is 0 Å². The molecule has 13 nitrogen and oxygen atoms in total. The number of carbonyl (C=O) groups excluding carboxylic acids is 2. The lowest BCUT2D eigenvalue weighted by molar-refractivity contribution is -0.326. The fraction of sp³-hybridized carbons (Fsp3) is 0.875. The van der Waals surface area contributed by atoms with Gasteiger partial charge in [0.2, 0.25) is 0 Å². The Morgan fingerprint density at radius 2 is 1.34 bits per heavy atom. The Balaban J connectivity index is 1.96. The van der Waals surface area contributed by atoms with Crippen LogP contribution in [0.1, 0.15) is 13.8 Å². The van der Waals surface area contributed by atoms with Gasteiger partial charge >= 0.3 is 11.9 Å². The van der Waals surface area contributed by atoms with E-state index in [9.17, 15) is 40.2 Å². The Labute approximate surface area is 165 Å². The molecule has 0 radical (unpaired) electrons. The first kappa shape index (κ1) is 23.9. The van der Waals surface area contributed by atoms with Gasteiger partial charge in [0.1, 0.15) is 49.3 Å². The number of rotatable bonds is 6. The van der Waals surface area contributed by atoms with Crippen molar-refractivity contribution in [2.45, 2.75) is 75.3 Å². The van der Waals surface area contributed by atoms with Crippen molar-refractivity contribution in [1.29, 1.82) is 0 Å². The van der Waals surface area contributed by atoms with Crippen molar-refractivity contribution in [3.05, 3.63) is 0 Å². The average molecular weight is 426 g/mol. The van der Waals surface area contributed by atoms with Crippen LogP contribution in [0.3, 0.4) is 0 Å². The summed E-state index contributed by atoms with van der Waals surface area (Å²) in [6.45, 7) is 1.25. The van der Waals surface area contributed by atoms with Crippen LogP contribution in [0.4, 0.5) is 0 Å². The number of hydrogen-bond acceptors (Lipinski definition) is 13. The van der Waals surface area contributed by atoms with E-state index in [2.05, 4.69) is 0 Å². The summed E-state index contributed by atoms with van der Waals surface area (Å²) in [5, 5.41) is 59.9. The van der Waals surface area contributed by atoms with Gasteiger partial charge in [0.05, 0.1) is 6.61 Å². The molecule has 0 aromatic rings. The van der Waals surface area contributed by atoms with Crippen LogP contribution < -0.4 is 0 Å². The summed E-state index contributed by atoms with van der Waals surface area (Å²) in [7, 11) is 0. The molecule has 0 amide bonds. The Morgan fingerprint density at radius 1 is 0.759 bits per heavy atom. The molecule has 2 aliphatic heterocycles. The van der Waals surface area contributed by atoms with Crippen LogP contribution in [-0.2, 0) is 33.3 Å². The Hall–Kier alpha value is -1.42. The van der Waals surface area contributed by atoms with Crippen LogP contribution in [0.15, 0.2) is 0 Å². The first-order chi connectivity index (χ1) is 13.5. The van der Waals surface area contributed by atoms with Crippen LogP contribution in [0.2, 0.25) is 0 Å². The van der Waals surface area contributed by atoms with Crippen LogP contribution in [0, 0.1) is 0 Å². The van der Waals surface area contributed by atoms with E-state index >= 15 is 0 Å². The molecule has 29 heavy (non-hydrogen) atoms. The standard InChI is InChI=1S/C16H26O13/c1-5(17)25-3-8-9(19)11(21)13(23)16(29-8)26-4-7-10(20)12(22)14(15(24)28-7)27-6(2)18/h7-16,19-24H,3-4H2,1-2H3/t7?,8?,9-,10+,11-,12?,13?,14-,15?,16-/m0/s1. The summed E-state index contributed by atoms with van der Waals surface area (Å²) in [6.07, 6.45) is -15.5. The van der Waals surface area contributed by atoms with E-state index in [0.717, 1.165) is 13.8 Å². The van der Waals surface area contributed by atoms with Gasteiger partial charge in [-0.05, 0) is 0 Å². The minimum absolute atomic E-state index is 0.413. The first-order valence-corrected chi connectivity index (χ1v) is 8.84. The van der Waals surface area contributed by atoms with Gasteiger partial charge in [0, 0.05) is 13.8 Å². The van der Waals surface area contributed by atoms with Crippen molar-refractivity contribution in [3.63, 3.8) is 0 Å². The molecule has 2 fully saturated rings. The highest BCUT2D eigenvalue weighted by atomic mass is 16.7. The minimum atomic E-state index is -1.76. The molecule has 0 aliphatic carbocycles. The zero-order valence-electron chi connectivity index (χ0n) is 15.7. The topological polar surface area (TPSA) is 202 Å². The lowest BCUT2D eigenvalue weighted by atomic mass is 9.98. The zero-order valence-corrected chi connectivity index (χ0v) is 15.7. The highest BCUT2D eigenvalue weighted by Crippen LogP contribution is 2.26. The van der Waals surface area contributed by atoms with Gasteiger partial charge in [-0.25, -0.2) is 0 Å². The van der Waals surface area contributed by atoms with E-state index in [-0.39, 0.29) is 0 Å². The Kier molecular flexibility index (Phi) is 8.28. The van der Waals surface area contributed by atoms with Gasteiger partial charge in [0.15, 0.2) is 18.7 Å². The number of aliphatic hydroxyl groups is 6. The number of esters is 2. The largest absolute Gasteiger partial charge is 0.463 e. The molecule has 0 spiro atoms. The molecule has 2 heterocycles. The number of carbonyl (C=O) groups is 2. The predicted octanol–water partition coefficient (Wildman–Crippen LogP) is -4.26. The van der Waals surface area contributed by atoms with Gasteiger partial charge < -0.3 is 54.3 Å². The molecule has 0 bridgehead atoms. The maximum atomic E-state index is 11.0. The number of aliphatic hydroxyl groups excluding tert-OH is 6. The predicted molar refractivity (Wildman–Crippen MR) is 87.7 cm³/mol. The normalized spacial score (nSPS) is 42.9. The SMILES string of the molecule is CC(=O)OCC1O[C@H](OCC2OC(O)[C@@H](OC(C)=O)C(O)[C@@H]2O)C(O)[C@@H](O)[C@H]1O. The second kappa shape index (κ2) is 10.1. The molecule has 6 N–H and O–H groups in total. The minimum Gasteiger partial charge on any atom is -0.463 e. The van der Waals surface area contributed by atoms with E-state index in [1.54, 1.807) is 0 Å². The molecule has 13 heteroatoms. The van der Waals surface area contributed by atoms with Crippen molar-refractivity contribution in [3.8, 4) is 0 Å². The summed E-state index contributed by atoms with van der Waals surface area (Å²) in [6, 6.07) is 0. The molecule has 0 aromatic heterocycles. The summed E-state index contributed by atoms with van der Waals surface area (Å²) < 4.78 is 25.1. The van der Waals surface area contributed by atoms with Gasteiger partial charge in [-0.15, -0.1) is 0 Å². The summed E-state index contributed by atoms with van der Waals surface area (Å²) in [5.74, 6) is -1.45. The summed E-state index contributed by atoms with van der Waals surface area (Å²) >= 11 is 0. The molecule has 2 rings (SSSR count). The molecule has 2 saturated heterocycles. The van der Waals surface area contributed by atoms with Gasteiger partial charge in [0.25, 0.3) is 0 Å². The summed E-state index contributed by atoms with van der Waals surface area (Å²) in [4.78, 5) is 21.9. The molecule has 0 aromatic carbocycles. The quantitative estimate of drug-likeness (QED) is 0.223. The molecular weight excluding hydrogens is 400 g/mol. The summed E-state index contributed by atoms with van der Waals surface area (Å²) in [5.41, 5.74) is 0. The molecule has 2 aliphatic rings. The number of hydrogen-bond donors (Lipinski definition) is 6. The first-order valence-electron chi connectivity index (χ1n) is 8.84. The maximum Gasteiger partial charge on any atom is 0.303 e. The van der Waals surface area contributed by atoms with Crippen LogP contribution >= 0.6 is 0 Å². The van der Waals surface area contributed by atoms with Crippen LogP contribution in [0.5, 0.6) is 0 Å². The lowest BCUT2D eigenvalue weighted by Gasteiger charge is -2.42. The third-order valence-electron chi connectivity index (χ3n) is 4.51. The third kappa shape index (κ3) is 5.81. The maximum absolute atomic E-state index is 11.0. The fourth-order valence-electron chi connectivity index (χ4n) is 2.96. The van der Waals surface area contributed by atoms with Crippen molar-refractivity contribution < 1.29 is 63.9 Å². The monoisotopic (exact) mass is 426 g/mol. The smallest absolute Gasteiger partial charge is 0.303 e. The van der Waals surface area contributed by atoms with E-state index < -0.39 is 86.6 Å². The molecule has 10 atom stereocenters. The van der Waals surface area contributed by atoms with E-state index in [1.165, 1.54) is 0 Å². The third-order valence-corrected chi connectivity index (χ3v) is 4.51.